The van der Waals surface area contributed by atoms with Crippen LogP contribution in [0.3, 0.4) is 0 Å². The van der Waals surface area contributed by atoms with Gasteiger partial charge in [0.05, 0.1) is 6.10 Å². The summed E-state index contributed by atoms with van der Waals surface area (Å²) in [5, 5.41) is 9.78. The second kappa shape index (κ2) is 4.15. The number of carbonyl (C=O) groups excluding carboxylic acids is 1. The Morgan fingerprint density at radius 1 is 1.18 bits per heavy atom. The standard InChI is InChI=1S/C14H17NO2/c16-9-10-3-1-2-4-14(10)15-11-5-6-12(15)8-13(17)7-11/h1-4,9,11-13,17H,5-8H2. The summed E-state index contributed by atoms with van der Waals surface area (Å²) in [4.78, 5) is 13.4. The van der Waals surface area contributed by atoms with Crippen LogP contribution in [0.5, 0.6) is 0 Å². The molecule has 2 saturated heterocycles. The third-order valence-electron chi connectivity index (χ3n) is 4.05. The van der Waals surface area contributed by atoms with Crippen molar-refractivity contribution in [1.29, 1.82) is 0 Å². The lowest BCUT2D eigenvalue weighted by Gasteiger charge is -2.39. The van der Waals surface area contributed by atoms with E-state index in [0.29, 0.717) is 12.1 Å². The van der Waals surface area contributed by atoms with Crippen LogP contribution < -0.4 is 4.90 Å². The van der Waals surface area contributed by atoms with Crippen molar-refractivity contribution in [3.05, 3.63) is 29.8 Å². The number of nitrogens with zero attached hydrogens (tertiary/aromatic N) is 1. The number of benzene rings is 1. The summed E-state index contributed by atoms with van der Waals surface area (Å²) in [6.07, 6.45) is 4.71. The summed E-state index contributed by atoms with van der Waals surface area (Å²) in [6.45, 7) is 0. The first-order valence-electron chi connectivity index (χ1n) is 6.30. The third kappa shape index (κ3) is 1.75. The fourth-order valence-corrected chi connectivity index (χ4v) is 3.36. The maximum atomic E-state index is 11.1. The van der Waals surface area contributed by atoms with Gasteiger partial charge in [-0.05, 0) is 37.8 Å². The van der Waals surface area contributed by atoms with Crippen LogP contribution in [0.4, 0.5) is 5.69 Å². The fourth-order valence-electron chi connectivity index (χ4n) is 3.36. The molecule has 0 saturated carbocycles. The van der Waals surface area contributed by atoms with Gasteiger partial charge in [0.15, 0.2) is 6.29 Å². The lowest BCUT2D eigenvalue weighted by molar-refractivity contribution is 0.112. The highest BCUT2D eigenvalue weighted by Gasteiger charge is 2.40. The first kappa shape index (κ1) is 10.8. The third-order valence-corrected chi connectivity index (χ3v) is 4.05. The number of hydrogen-bond acceptors (Lipinski definition) is 3. The van der Waals surface area contributed by atoms with Gasteiger partial charge >= 0.3 is 0 Å². The average molecular weight is 231 g/mol. The van der Waals surface area contributed by atoms with E-state index >= 15 is 0 Å². The minimum atomic E-state index is -0.160. The van der Waals surface area contributed by atoms with Crippen molar-refractivity contribution in [3.8, 4) is 0 Å². The van der Waals surface area contributed by atoms with Gasteiger partial charge in [-0.3, -0.25) is 4.79 Å². The molecule has 0 spiro atoms. The number of aliphatic hydroxyl groups excluding tert-OH is 1. The molecule has 2 unspecified atom stereocenters. The van der Waals surface area contributed by atoms with Crippen LogP contribution in [-0.2, 0) is 0 Å². The van der Waals surface area contributed by atoms with Crippen LogP contribution in [0.2, 0.25) is 0 Å². The van der Waals surface area contributed by atoms with E-state index < -0.39 is 0 Å². The largest absolute Gasteiger partial charge is 0.393 e. The smallest absolute Gasteiger partial charge is 0.152 e. The Kier molecular flexibility index (Phi) is 2.63. The van der Waals surface area contributed by atoms with Gasteiger partial charge in [-0.25, -0.2) is 0 Å². The molecule has 0 amide bonds. The monoisotopic (exact) mass is 231 g/mol. The molecule has 3 nitrogen and oxygen atoms in total. The zero-order valence-corrected chi connectivity index (χ0v) is 9.75. The summed E-state index contributed by atoms with van der Waals surface area (Å²) < 4.78 is 0. The van der Waals surface area contributed by atoms with Crippen LogP contribution in [-0.4, -0.2) is 29.6 Å². The van der Waals surface area contributed by atoms with Crippen molar-refractivity contribution in [2.45, 2.75) is 43.9 Å². The van der Waals surface area contributed by atoms with Gasteiger partial charge in [-0.15, -0.1) is 0 Å². The van der Waals surface area contributed by atoms with E-state index in [-0.39, 0.29) is 6.10 Å². The van der Waals surface area contributed by atoms with E-state index in [2.05, 4.69) is 4.90 Å². The molecule has 0 aliphatic carbocycles. The van der Waals surface area contributed by atoms with Crippen molar-refractivity contribution in [1.82, 2.24) is 0 Å². The summed E-state index contributed by atoms with van der Waals surface area (Å²) in [6, 6.07) is 8.58. The molecule has 1 aromatic carbocycles. The highest BCUT2D eigenvalue weighted by Crippen LogP contribution is 2.40. The van der Waals surface area contributed by atoms with Gasteiger partial charge in [0.1, 0.15) is 0 Å². The quantitative estimate of drug-likeness (QED) is 0.791. The highest BCUT2D eigenvalue weighted by atomic mass is 16.3. The Hall–Kier alpha value is -1.35. The lowest BCUT2D eigenvalue weighted by Crippen LogP contribution is -2.45. The van der Waals surface area contributed by atoms with Crippen molar-refractivity contribution in [2.75, 3.05) is 4.90 Å². The van der Waals surface area contributed by atoms with Gasteiger partial charge in [-0.2, -0.15) is 0 Å². The first-order valence-corrected chi connectivity index (χ1v) is 6.30. The minimum absolute atomic E-state index is 0.160. The number of anilines is 1. The molecule has 2 aliphatic heterocycles. The van der Waals surface area contributed by atoms with E-state index in [1.807, 2.05) is 24.3 Å². The van der Waals surface area contributed by atoms with E-state index in [1.165, 1.54) is 0 Å². The minimum Gasteiger partial charge on any atom is -0.393 e. The topological polar surface area (TPSA) is 40.5 Å². The van der Waals surface area contributed by atoms with E-state index in [4.69, 9.17) is 0 Å². The predicted octanol–water partition coefficient (Wildman–Crippen LogP) is 1.99. The van der Waals surface area contributed by atoms with Crippen LogP contribution in [0.25, 0.3) is 0 Å². The molecule has 90 valence electrons. The molecule has 3 rings (SSSR count). The number of piperidine rings is 1. The number of aliphatic hydroxyl groups is 1. The molecule has 0 radical (unpaired) electrons. The maximum absolute atomic E-state index is 11.1. The van der Waals surface area contributed by atoms with Gasteiger partial charge in [-0.1, -0.05) is 12.1 Å². The maximum Gasteiger partial charge on any atom is 0.152 e. The Morgan fingerprint density at radius 3 is 2.47 bits per heavy atom. The SMILES string of the molecule is O=Cc1ccccc1N1C2CCC1CC(O)C2. The second-order valence-electron chi connectivity index (χ2n) is 5.09. The molecular weight excluding hydrogens is 214 g/mol. The van der Waals surface area contributed by atoms with E-state index in [9.17, 15) is 9.90 Å². The van der Waals surface area contributed by atoms with Crippen LogP contribution in [0, 0.1) is 0 Å². The molecule has 2 fully saturated rings. The second-order valence-corrected chi connectivity index (χ2v) is 5.09. The van der Waals surface area contributed by atoms with Gasteiger partial charge in [0, 0.05) is 23.3 Å². The number of para-hydroxylation sites is 1. The number of hydrogen-bond donors (Lipinski definition) is 1. The predicted molar refractivity (Wildman–Crippen MR) is 66.4 cm³/mol. The number of aldehydes is 1. The summed E-state index contributed by atoms with van der Waals surface area (Å²) >= 11 is 0. The Bertz CT molecular complexity index is 418. The van der Waals surface area contributed by atoms with Crippen LogP contribution >= 0.6 is 0 Å². The zero-order valence-electron chi connectivity index (χ0n) is 9.75. The molecule has 2 bridgehead atoms. The molecule has 2 atom stereocenters. The number of rotatable bonds is 2. The molecule has 0 aromatic heterocycles. The normalized spacial score (nSPS) is 31.6. The molecule has 3 heteroatoms. The summed E-state index contributed by atoms with van der Waals surface area (Å²) in [5.74, 6) is 0. The Balaban J connectivity index is 1.97. The van der Waals surface area contributed by atoms with Gasteiger partial charge in [0.25, 0.3) is 0 Å². The zero-order chi connectivity index (χ0) is 11.8. The van der Waals surface area contributed by atoms with Crippen molar-refractivity contribution < 1.29 is 9.90 Å². The fraction of sp³-hybridized carbons (Fsp3) is 0.500. The van der Waals surface area contributed by atoms with Crippen molar-refractivity contribution in [2.24, 2.45) is 0 Å². The van der Waals surface area contributed by atoms with Crippen LogP contribution in [0.1, 0.15) is 36.0 Å². The molecule has 17 heavy (non-hydrogen) atoms. The van der Waals surface area contributed by atoms with Gasteiger partial charge in [0.2, 0.25) is 0 Å². The Morgan fingerprint density at radius 2 is 1.82 bits per heavy atom. The lowest BCUT2D eigenvalue weighted by atomic mass is 9.98. The van der Waals surface area contributed by atoms with Crippen molar-refractivity contribution in [3.63, 3.8) is 0 Å². The number of fused-ring (bicyclic) bond motifs is 2. The molecule has 2 aliphatic rings. The Labute approximate surface area is 101 Å². The first-order chi connectivity index (χ1) is 8.29. The van der Waals surface area contributed by atoms with E-state index in [0.717, 1.165) is 43.2 Å². The highest BCUT2D eigenvalue weighted by molar-refractivity contribution is 5.85. The molecule has 2 heterocycles. The molecule has 1 aromatic rings. The van der Waals surface area contributed by atoms with Crippen LogP contribution in [0.15, 0.2) is 24.3 Å². The average Bonchev–Trinajstić information content (AvgIpc) is 2.61. The summed E-state index contributed by atoms with van der Waals surface area (Å²) in [7, 11) is 0. The molecular formula is C14H17NO2. The van der Waals surface area contributed by atoms with Crippen molar-refractivity contribution >= 4 is 12.0 Å². The molecule has 1 N–H and O–H groups in total. The summed E-state index contributed by atoms with van der Waals surface area (Å²) in [5.41, 5.74) is 1.81. The van der Waals surface area contributed by atoms with Gasteiger partial charge < -0.3 is 10.0 Å². The number of carbonyl (C=O) groups is 1. The van der Waals surface area contributed by atoms with E-state index in [1.54, 1.807) is 0 Å².